The molecule has 0 aliphatic rings. The van der Waals surface area contributed by atoms with Gasteiger partial charge in [0.25, 0.3) is 5.69 Å². The van der Waals surface area contributed by atoms with Gasteiger partial charge in [0.2, 0.25) is 0 Å². The van der Waals surface area contributed by atoms with E-state index < -0.39 is 0 Å². The number of rotatable bonds is 6. The predicted molar refractivity (Wildman–Crippen MR) is 87.0 cm³/mol. The average molecular weight is 353 g/mol. The van der Waals surface area contributed by atoms with E-state index >= 15 is 0 Å². The highest BCUT2D eigenvalue weighted by Crippen LogP contribution is 2.17. The van der Waals surface area contributed by atoms with Crippen LogP contribution in [-0.4, -0.2) is 12.0 Å². The van der Waals surface area contributed by atoms with Crippen LogP contribution in [0.25, 0.3) is 0 Å². The third-order valence-electron chi connectivity index (χ3n) is 2.99. The van der Waals surface area contributed by atoms with Crippen molar-refractivity contribution in [3.05, 3.63) is 69.8 Å². The van der Waals surface area contributed by atoms with Crippen LogP contribution in [0.1, 0.15) is 11.1 Å². The molecule has 0 unspecified atom stereocenters. The van der Waals surface area contributed by atoms with E-state index in [1.807, 2.05) is 24.3 Å². The molecule has 0 radical (unpaired) electrons. The van der Waals surface area contributed by atoms with E-state index in [1.165, 1.54) is 6.07 Å². The van der Waals surface area contributed by atoms with Crippen molar-refractivity contribution in [1.29, 1.82) is 0 Å². The highest BCUT2D eigenvalue weighted by Gasteiger charge is 2.11. The Morgan fingerprint density at radius 2 is 1.76 bits per heavy atom. The van der Waals surface area contributed by atoms with Gasteiger partial charge in [0.15, 0.2) is 0 Å². The van der Waals surface area contributed by atoms with Gasteiger partial charge >= 0.3 is 0 Å². The molecular weight excluding hydrogens is 336 g/mol. The topological polar surface area (TPSA) is 64.4 Å². The van der Waals surface area contributed by atoms with Crippen molar-refractivity contribution in [1.82, 2.24) is 5.32 Å². The van der Waals surface area contributed by atoms with E-state index in [0.717, 1.165) is 11.3 Å². The number of hydrogen-bond donors (Lipinski definition) is 1. The van der Waals surface area contributed by atoms with Gasteiger partial charge in [-0.15, -0.1) is 17.0 Å². The summed E-state index contributed by atoms with van der Waals surface area (Å²) in [7, 11) is 1.63. The Hall–Kier alpha value is -1.92. The first-order chi connectivity index (χ1) is 9.70. The maximum atomic E-state index is 10.9. The second-order valence-corrected chi connectivity index (χ2v) is 4.34. The molecule has 1 N–H and O–H groups in total. The number of nitrogens with one attached hydrogen (secondary N) is 1. The third-order valence-corrected chi connectivity index (χ3v) is 2.99. The Kier molecular flexibility index (Phi) is 6.84. The Morgan fingerprint density at radius 1 is 1.10 bits per heavy atom. The normalized spacial score (nSPS) is 9.76. The molecule has 0 aliphatic carbocycles. The molecule has 0 saturated carbocycles. The minimum atomic E-state index is -0.357. The zero-order chi connectivity index (χ0) is 14.4. The first-order valence-corrected chi connectivity index (χ1v) is 6.26. The molecule has 0 atom stereocenters. The second kappa shape index (κ2) is 8.39. The summed E-state index contributed by atoms with van der Waals surface area (Å²) in [5, 5.41) is 14.1. The molecule has 2 rings (SSSR count). The molecular formula is C15H17BrN2O3. The number of nitro benzene ring substituents is 1. The second-order valence-electron chi connectivity index (χ2n) is 4.34. The molecule has 2 aromatic rings. The molecule has 0 aliphatic heterocycles. The summed E-state index contributed by atoms with van der Waals surface area (Å²) in [4.78, 5) is 10.5. The molecule has 0 spiro atoms. The van der Waals surface area contributed by atoms with Crippen LogP contribution in [0.4, 0.5) is 5.69 Å². The van der Waals surface area contributed by atoms with Crippen LogP contribution in [-0.2, 0) is 13.1 Å². The summed E-state index contributed by atoms with van der Waals surface area (Å²) < 4.78 is 5.09. The molecule has 5 nitrogen and oxygen atoms in total. The Bertz CT molecular complexity index is 588. The Balaban J connectivity index is 0.00000220. The van der Waals surface area contributed by atoms with Crippen molar-refractivity contribution >= 4 is 22.7 Å². The van der Waals surface area contributed by atoms with Gasteiger partial charge in [0.1, 0.15) is 5.75 Å². The lowest BCUT2D eigenvalue weighted by atomic mass is 10.1. The fraction of sp³-hybridized carbons (Fsp3) is 0.200. The monoisotopic (exact) mass is 352 g/mol. The van der Waals surface area contributed by atoms with Crippen molar-refractivity contribution in [2.75, 3.05) is 7.11 Å². The van der Waals surface area contributed by atoms with Gasteiger partial charge in [-0.2, -0.15) is 0 Å². The summed E-state index contributed by atoms with van der Waals surface area (Å²) in [5.74, 6) is 0.812. The maximum absolute atomic E-state index is 10.9. The van der Waals surface area contributed by atoms with Gasteiger partial charge in [0.05, 0.1) is 12.0 Å². The highest BCUT2D eigenvalue weighted by atomic mass is 79.9. The van der Waals surface area contributed by atoms with E-state index in [9.17, 15) is 10.1 Å². The van der Waals surface area contributed by atoms with Gasteiger partial charge in [-0.3, -0.25) is 10.1 Å². The number of ether oxygens (including phenoxy) is 1. The van der Waals surface area contributed by atoms with Crippen LogP contribution >= 0.6 is 17.0 Å². The van der Waals surface area contributed by atoms with Crippen molar-refractivity contribution < 1.29 is 9.66 Å². The summed E-state index contributed by atoms with van der Waals surface area (Å²) in [6.45, 7) is 1.11. The van der Waals surface area contributed by atoms with Crippen LogP contribution in [0.3, 0.4) is 0 Å². The number of halogens is 1. The molecule has 0 saturated heterocycles. The minimum Gasteiger partial charge on any atom is -0.497 e. The number of para-hydroxylation sites is 1. The van der Waals surface area contributed by atoms with Gasteiger partial charge < -0.3 is 10.1 Å². The zero-order valence-electron chi connectivity index (χ0n) is 11.6. The van der Waals surface area contributed by atoms with Crippen molar-refractivity contribution in [3.8, 4) is 5.75 Å². The standard InChI is InChI=1S/C15H16N2O3.BrH/c1-20-14-8-6-12(7-9-14)10-16-11-13-4-2-3-5-15(13)17(18)19;/h2-9,16H,10-11H2,1H3;1H. The third kappa shape index (κ3) is 4.84. The fourth-order valence-corrected chi connectivity index (χ4v) is 1.92. The molecule has 112 valence electrons. The zero-order valence-corrected chi connectivity index (χ0v) is 13.3. The Morgan fingerprint density at radius 3 is 2.38 bits per heavy atom. The van der Waals surface area contributed by atoms with Crippen LogP contribution in [0.15, 0.2) is 48.5 Å². The number of benzene rings is 2. The number of hydrogen-bond acceptors (Lipinski definition) is 4. The molecule has 0 fully saturated rings. The Labute approximate surface area is 133 Å². The van der Waals surface area contributed by atoms with Crippen molar-refractivity contribution in [2.45, 2.75) is 13.1 Å². The SMILES string of the molecule is Br.COc1ccc(CNCc2ccccc2[N+](=O)[O-])cc1. The first kappa shape index (κ1) is 17.1. The van der Waals surface area contributed by atoms with Crippen LogP contribution in [0.5, 0.6) is 5.75 Å². The number of nitro groups is 1. The van der Waals surface area contributed by atoms with E-state index in [-0.39, 0.29) is 27.6 Å². The fourth-order valence-electron chi connectivity index (χ4n) is 1.92. The molecule has 2 aromatic carbocycles. The average Bonchev–Trinajstić information content (AvgIpc) is 2.48. The highest BCUT2D eigenvalue weighted by molar-refractivity contribution is 8.93. The molecule has 0 amide bonds. The summed E-state index contributed by atoms with van der Waals surface area (Å²) in [5.41, 5.74) is 1.94. The van der Waals surface area contributed by atoms with Gasteiger partial charge in [-0.1, -0.05) is 30.3 Å². The van der Waals surface area contributed by atoms with Crippen LogP contribution < -0.4 is 10.1 Å². The molecule has 0 bridgehead atoms. The first-order valence-electron chi connectivity index (χ1n) is 6.26. The molecule has 6 heteroatoms. The summed E-state index contributed by atoms with van der Waals surface area (Å²) in [6.07, 6.45) is 0. The van der Waals surface area contributed by atoms with Crippen LogP contribution in [0, 0.1) is 10.1 Å². The van der Waals surface area contributed by atoms with E-state index in [0.29, 0.717) is 18.7 Å². The minimum absolute atomic E-state index is 0. The van der Waals surface area contributed by atoms with Gasteiger partial charge in [-0.25, -0.2) is 0 Å². The maximum Gasteiger partial charge on any atom is 0.273 e. The van der Waals surface area contributed by atoms with Crippen molar-refractivity contribution in [3.63, 3.8) is 0 Å². The molecule has 21 heavy (non-hydrogen) atoms. The quantitative estimate of drug-likeness (QED) is 0.638. The van der Waals surface area contributed by atoms with Gasteiger partial charge in [0, 0.05) is 24.7 Å². The van der Waals surface area contributed by atoms with E-state index in [4.69, 9.17) is 4.74 Å². The van der Waals surface area contributed by atoms with Crippen molar-refractivity contribution in [2.24, 2.45) is 0 Å². The van der Waals surface area contributed by atoms with E-state index in [2.05, 4.69) is 5.32 Å². The lowest BCUT2D eigenvalue weighted by molar-refractivity contribution is -0.385. The lowest BCUT2D eigenvalue weighted by Gasteiger charge is -2.06. The molecule has 0 heterocycles. The summed E-state index contributed by atoms with van der Waals surface area (Å²) >= 11 is 0. The number of methoxy groups -OCH3 is 1. The van der Waals surface area contributed by atoms with Crippen LogP contribution in [0.2, 0.25) is 0 Å². The largest absolute Gasteiger partial charge is 0.497 e. The summed E-state index contributed by atoms with van der Waals surface area (Å²) in [6, 6.07) is 14.5. The van der Waals surface area contributed by atoms with E-state index in [1.54, 1.807) is 25.3 Å². The van der Waals surface area contributed by atoms with Gasteiger partial charge in [-0.05, 0) is 17.7 Å². The lowest BCUT2D eigenvalue weighted by Crippen LogP contribution is -2.13. The molecule has 0 aromatic heterocycles. The predicted octanol–water partition coefficient (Wildman–Crippen LogP) is 3.47. The smallest absolute Gasteiger partial charge is 0.273 e. The number of nitrogens with zero attached hydrogens (tertiary/aromatic N) is 1.